The van der Waals surface area contributed by atoms with Crippen molar-refractivity contribution in [3.05, 3.63) is 59.5 Å². The van der Waals surface area contributed by atoms with Gasteiger partial charge in [-0.1, -0.05) is 18.2 Å². The van der Waals surface area contributed by atoms with Crippen molar-refractivity contribution in [2.24, 2.45) is 0 Å². The number of nitrogens with zero attached hydrogens (tertiary/aromatic N) is 3. The Hall–Kier alpha value is -2.89. The molecular weight excluding hydrogens is 258 g/mol. The van der Waals surface area contributed by atoms with E-state index in [2.05, 4.69) is 10.1 Å². The van der Waals surface area contributed by atoms with Gasteiger partial charge in [0.05, 0.1) is 5.56 Å². The molecule has 0 bridgehead atoms. The topological polar surface area (TPSA) is 87.7 Å². The summed E-state index contributed by atoms with van der Waals surface area (Å²) in [6, 6.07) is 10.1. The van der Waals surface area contributed by atoms with Crippen LogP contribution in [0.1, 0.15) is 21.7 Å². The lowest BCUT2D eigenvalue weighted by Crippen LogP contribution is -1.99. The number of carbonyl (C=O) groups is 1. The standard InChI is InChI=1S/C14H11N3O3/c18-11-4-2-1-3-9(11)7-12-15-13-6-5-10(14(19)20)8-17(13)16-12/h1-6,8,18H,7H2,(H,19,20). The maximum absolute atomic E-state index is 10.9. The molecule has 0 atom stereocenters. The van der Waals surface area contributed by atoms with Gasteiger partial charge in [0.2, 0.25) is 0 Å². The fourth-order valence-electron chi connectivity index (χ4n) is 1.96. The van der Waals surface area contributed by atoms with Crippen LogP contribution in [-0.2, 0) is 6.42 Å². The molecule has 100 valence electrons. The monoisotopic (exact) mass is 269 g/mol. The van der Waals surface area contributed by atoms with E-state index < -0.39 is 5.97 Å². The second-order valence-corrected chi connectivity index (χ2v) is 4.36. The summed E-state index contributed by atoms with van der Waals surface area (Å²) in [6.07, 6.45) is 1.80. The Morgan fingerprint density at radius 2 is 2.00 bits per heavy atom. The Morgan fingerprint density at radius 3 is 2.75 bits per heavy atom. The van der Waals surface area contributed by atoms with Gasteiger partial charge in [0.1, 0.15) is 5.75 Å². The summed E-state index contributed by atoms with van der Waals surface area (Å²) in [5, 5.41) is 22.9. The zero-order valence-corrected chi connectivity index (χ0v) is 10.4. The summed E-state index contributed by atoms with van der Waals surface area (Å²) < 4.78 is 1.43. The van der Waals surface area contributed by atoms with Crippen molar-refractivity contribution in [2.75, 3.05) is 0 Å². The summed E-state index contributed by atoms with van der Waals surface area (Å²) >= 11 is 0. The summed E-state index contributed by atoms with van der Waals surface area (Å²) in [5.41, 5.74) is 1.44. The predicted molar refractivity (Wildman–Crippen MR) is 70.9 cm³/mol. The van der Waals surface area contributed by atoms with Crippen LogP contribution in [0.25, 0.3) is 5.65 Å². The minimum Gasteiger partial charge on any atom is -0.508 e. The average molecular weight is 269 g/mol. The highest BCUT2D eigenvalue weighted by molar-refractivity contribution is 5.87. The van der Waals surface area contributed by atoms with E-state index in [1.54, 1.807) is 24.3 Å². The van der Waals surface area contributed by atoms with Crippen molar-refractivity contribution in [1.82, 2.24) is 14.6 Å². The summed E-state index contributed by atoms with van der Waals surface area (Å²) in [4.78, 5) is 15.2. The molecule has 20 heavy (non-hydrogen) atoms. The van der Waals surface area contributed by atoms with E-state index in [0.717, 1.165) is 5.56 Å². The van der Waals surface area contributed by atoms with E-state index in [1.807, 2.05) is 6.07 Å². The molecule has 0 saturated carbocycles. The first kappa shape index (κ1) is 12.2. The van der Waals surface area contributed by atoms with E-state index in [0.29, 0.717) is 17.9 Å². The highest BCUT2D eigenvalue weighted by atomic mass is 16.4. The summed E-state index contributed by atoms with van der Waals surface area (Å²) in [5.74, 6) is -0.295. The largest absolute Gasteiger partial charge is 0.508 e. The lowest BCUT2D eigenvalue weighted by atomic mass is 10.1. The van der Waals surface area contributed by atoms with Gasteiger partial charge in [-0.3, -0.25) is 0 Å². The highest BCUT2D eigenvalue weighted by Crippen LogP contribution is 2.18. The van der Waals surface area contributed by atoms with Crippen LogP contribution in [0.4, 0.5) is 0 Å². The van der Waals surface area contributed by atoms with Gasteiger partial charge in [-0.15, -0.1) is 0 Å². The third kappa shape index (κ3) is 2.18. The molecule has 0 spiro atoms. The SMILES string of the molecule is O=C(O)c1ccc2nc(Cc3ccccc3O)nn2c1. The molecule has 6 heteroatoms. The van der Waals surface area contributed by atoms with E-state index >= 15 is 0 Å². The number of carboxylic acid groups (broad SMARTS) is 1. The molecule has 0 saturated heterocycles. The maximum atomic E-state index is 10.9. The van der Waals surface area contributed by atoms with Crippen LogP contribution >= 0.6 is 0 Å². The number of rotatable bonds is 3. The first-order chi connectivity index (χ1) is 9.63. The molecule has 3 rings (SSSR count). The van der Waals surface area contributed by atoms with Crippen LogP contribution in [0.15, 0.2) is 42.6 Å². The lowest BCUT2D eigenvalue weighted by molar-refractivity contribution is 0.0696. The number of carboxylic acids is 1. The van der Waals surface area contributed by atoms with E-state index in [1.165, 1.54) is 16.8 Å². The Balaban J connectivity index is 1.97. The van der Waals surface area contributed by atoms with Gasteiger partial charge in [0.15, 0.2) is 11.5 Å². The molecule has 2 aromatic heterocycles. The molecule has 0 radical (unpaired) electrons. The predicted octanol–water partition coefficient (Wildman–Crippen LogP) is 1.72. The number of phenols is 1. The van der Waals surface area contributed by atoms with Crippen LogP contribution in [0.2, 0.25) is 0 Å². The van der Waals surface area contributed by atoms with Gasteiger partial charge in [-0.05, 0) is 18.2 Å². The van der Waals surface area contributed by atoms with Gasteiger partial charge in [-0.25, -0.2) is 14.3 Å². The van der Waals surface area contributed by atoms with Gasteiger partial charge >= 0.3 is 5.97 Å². The molecule has 6 nitrogen and oxygen atoms in total. The Labute approximate surface area is 113 Å². The zero-order chi connectivity index (χ0) is 14.1. The Morgan fingerprint density at radius 1 is 1.20 bits per heavy atom. The third-order valence-electron chi connectivity index (χ3n) is 2.96. The minimum absolute atomic E-state index is 0.150. The van der Waals surface area contributed by atoms with E-state index in [-0.39, 0.29) is 11.3 Å². The second kappa shape index (κ2) is 4.65. The molecule has 1 aromatic carbocycles. The van der Waals surface area contributed by atoms with Crippen molar-refractivity contribution in [1.29, 1.82) is 0 Å². The fourth-order valence-corrected chi connectivity index (χ4v) is 1.96. The number of fused-ring (bicyclic) bond motifs is 1. The molecule has 0 amide bonds. The van der Waals surface area contributed by atoms with Gasteiger partial charge in [-0.2, -0.15) is 5.10 Å². The number of benzene rings is 1. The van der Waals surface area contributed by atoms with Crippen molar-refractivity contribution >= 4 is 11.6 Å². The number of phenolic OH excluding ortho intramolecular Hbond substituents is 1. The van der Waals surface area contributed by atoms with E-state index in [4.69, 9.17) is 5.11 Å². The quantitative estimate of drug-likeness (QED) is 0.756. The number of para-hydroxylation sites is 1. The number of aromatic nitrogens is 3. The van der Waals surface area contributed by atoms with Gasteiger partial charge in [0, 0.05) is 18.2 Å². The molecule has 2 N–H and O–H groups in total. The van der Waals surface area contributed by atoms with Crippen molar-refractivity contribution in [3.8, 4) is 5.75 Å². The van der Waals surface area contributed by atoms with Crippen molar-refractivity contribution in [3.63, 3.8) is 0 Å². The summed E-state index contributed by atoms with van der Waals surface area (Å²) in [7, 11) is 0. The highest BCUT2D eigenvalue weighted by Gasteiger charge is 2.09. The Bertz CT molecular complexity index is 795. The third-order valence-corrected chi connectivity index (χ3v) is 2.96. The molecule has 3 aromatic rings. The van der Waals surface area contributed by atoms with Crippen LogP contribution in [-0.4, -0.2) is 30.8 Å². The van der Waals surface area contributed by atoms with Crippen LogP contribution in [0, 0.1) is 0 Å². The first-order valence-corrected chi connectivity index (χ1v) is 5.99. The zero-order valence-electron chi connectivity index (χ0n) is 10.4. The average Bonchev–Trinajstić information content (AvgIpc) is 2.82. The molecule has 0 aliphatic rings. The maximum Gasteiger partial charge on any atom is 0.337 e. The van der Waals surface area contributed by atoms with Gasteiger partial charge < -0.3 is 10.2 Å². The molecule has 0 unspecified atom stereocenters. The smallest absolute Gasteiger partial charge is 0.337 e. The lowest BCUT2D eigenvalue weighted by Gasteiger charge is -1.99. The fraction of sp³-hybridized carbons (Fsp3) is 0.0714. The minimum atomic E-state index is -1.01. The van der Waals surface area contributed by atoms with Gasteiger partial charge in [0.25, 0.3) is 0 Å². The number of hydrogen-bond donors (Lipinski definition) is 2. The molecular formula is C14H11N3O3. The van der Waals surface area contributed by atoms with Crippen molar-refractivity contribution in [2.45, 2.75) is 6.42 Å². The van der Waals surface area contributed by atoms with Crippen LogP contribution < -0.4 is 0 Å². The summed E-state index contributed by atoms with van der Waals surface area (Å²) in [6.45, 7) is 0. The molecule has 0 aliphatic carbocycles. The number of pyridine rings is 1. The number of aromatic hydroxyl groups is 1. The first-order valence-electron chi connectivity index (χ1n) is 5.99. The van der Waals surface area contributed by atoms with Crippen LogP contribution in [0.3, 0.4) is 0 Å². The molecule has 0 aliphatic heterocycles. The normalized spacial score (nSPS) is 10.8. The molecule has 2 heterocycles. The number of hydrogen-bond acceptors (Lipinski definition) is 4. The second-order valence-electron chi connectivity index (χ2n) is 4.36. The van der Waals surface area contributed by atoms with Crippen LogP contribution in [0.5, 0.6) is 5.75 Å². The Kier molecular flexibility index (Phi) is 2.83. The molecule has 0 fully saturated rings. The number of aromatic carboxylic acids is 1. The van der Waals surface area contributed by atoms with E-state index in [9.17, 15) is 9.90 Å². The van der Waals surface area contributed by atoms with Crippen molar-refractivity contribution < 1.29 is 15.0 Å².